The van der Waals surface area contributed by atoms with Crippen LogP contribution in [0.25, 0.3) is 33.5 Å². The van der Waals surface area contributed by atoms with Gasteiger partial charge in [-0.2, -0.15) is 0 Å². The van der Waals surface area contributed by atoms with Gasteiger partial charge in [-0.05, 0) is 30.3 Å². The van der Waals surface area contributed by atoms with E-state index in [4.69, 9.17) is 21.7 Å². The van der Waals surface area contributed by atoms with Gasteiger partial charge in [0, 0.05) is 24.0 Å². The first-order chi connectivity index (χ1) is 14.2. The molecular weight excluding hydrogens is 369 g/mol. The lowest BCUT2D eigenvalue weighted by atomic mass is 9.95. The molecule has 0 saturated carbocycles. The molecule has 1 atom stereocenters. The van der Waals surface area contributed by atoms with E-state index in [2.05, 4.69) is 15.3 Å². The Balaban J connectivity index is 1.43. The van der Waals surface area contributed by atoms with E-state index in [1.807, 2.05) is 24.3 Å². The Kier molecular flexibility index (Phi) is 4.57. The van der Waals surface area contributed by atoms with Gasteiger partial charge in [0.15, 0.2) is 0 Å². The highest BCUT2D eigenvalue weighted by atomic mass is 16.5. The molecule has 144 valence electrons. The van der Waals surface area contributed by atoms with Gasteiger partial charge in [0.1, 0.15) is 43.2 Å². The number of ether oxygens (including phenoxy) is 2. The van der Waals surface area contributed by atoms with Gasteiger partial charge in [0.05, 0.1) is 6.61 Å². The summed E-state index contributed by atoms with van der Waals surface area (Å²) in [5.41, 5.74) is 2.28. The first-order valence-corrected chi connectivity index (χ1v) is 9.45. The number of H-pyrrole nitrogens is 1. The Hall–Kier alpha value is -3.10. The second-order valence-electron chi connectivity index (χ2n) is 6.98. The van der Waals surface area contributed by atoms with E-state index < -0.39 is 0 Å². The maximum absolute atomic E-state index is 12.5. The number of morpholine rings is 1. The van der Waals surface area contributed by atoms with Gasteiger partial charge in [0.25, 0.3) is 5.56 Å². The lowest BCUT2D eigenvalue weighted by Crippen LogP contribution is -2.41. The second-order valence-corrected chi connectivity index (χ2v) is 6.98. The van der Waals surface area contributed by atoms with Gasteiger partial charge in [0.2, 0.25) is 5.58 Å². The van der Waals surface area contributed by atoms with Crippen LogP contribution in [0, 0.1) is 0 Å². The smallest absolute Gasteiger partial charge is 0.294 e. The molecule has 3 heterocycles. The first-order valence-electron chi connectivity index (χ1n) is 9.45. The monoisotopic (exact) mass is 387 g/mol. The third-order valence-corrected chi connectivity index (χ3v) is 4.92. The molecule has 4 aromatic rings. The van der Waals surface area contributed by atoms with E-state index in [0.717, 1.165) is 24.4 Å². The average Bonchev–Trinajstić information content (AvgIpc) is 3.12. The molecule has 2 aromatic carbocycles. The summed E-state index contributed by atoms with van der Waals surface area (Å²) in [4.78, 5) is 19.9. The van der Waals surface area contributed by atoms with Crippen molar-refractivity contribution in [3.63, 3.8) is 0 Å². The van der Waals surface area contributed by atoms with Crippen LogP contribution in [0.4, 0.5) is 0 Å². The second kappa shape index (κ2) is 7.38. The summed E-state index contributed by atoms with van der Waals surface area (Å²) in [7, 11) is 5.88. The highest BCUT2D eigenvalue weighted by Crippen LogP contribution is 2.26. The van der Waals surface area contributed by atoms with E-state index in [0.29, 0.717) is 41.0 Å². The average molecular weight is 387 g/mol. The molecule has 0 bridgehead atoms. The molecule has 2 aromatic heterocycles. The van der Waals surface area contributed by atoms with Gasteiger partial charge in [-0.1, -0.05) is 17.6 Å². The standard InChI is InChI=1S/C21H18BN3O4/c22-13-3-6-17-16(9-13)18-19(29-17)21(26)25-20(24-18)12-1-4-14(5-2-12)28-11-15-10-23-7-8-27-15/h1-6,9,15,23H,7-8,10-11H2,(H,24,25,26). The summed E-state index contributed by atoms with van der Waals surface area (Å²) in [5, 5.41) is 3.99. The number of furan rings is 1. The van der Waals surface area contributed by atoms with Crippen molar-refractivity contribution >= 4 is 35.4 Å². The minimum Gasteiger partial charge on any atom is -0.491 e. The number of aromatic nitrogens is 2. The molecule has 1 saturated heterocycles. The minimum absolute atomic E-state index is 0.0469. The van der Waals surface area contributed by atoms with Crippen molar-refractivity contribution in [1.29, 1.82) is 0 Å². The van der Waals surface area contributed by atoms with Crippen molar-refractivity contribution in [2.45, 2.75) is 6.10 Å². The van der Waals surface area contributed by atoms with Gasteiger partial charge in [-0.25, -0.2) is 4.98 Å². The van der Waals surface area contributed by atoms with Crippen molar-refractivity contribution in [1.82, 2.24) is 15.3 Å². The number of aromatic amines is 1. The summed E-state index contributed by atoms with van der Waals surface area (Å²) in [5.74, 6) is 1.19. The number of rotatable bonds is 4. The predicted octanol–water partition coefficient (Wildman–Crippen LogP) is 1.50. The number of nitrogens with one attached hydrogen (secondary N) is 2. The summed E-state index contributed by atoms with van der Waals surface area (Å²) in [6.07, 6.45) is 0.0469. The normalized spacial score (nSPS) is 17.0. The Morgan fingerprint density at radius 2 is 2.07 bits per heavy atom. The van der Waals surface area contributed by atoms with Crippen LogP contribution in [0.5, 0.6) is 5.75 Å². The molecule has 1 aliphatic heterocycles. The van der Waals surface area contributed by atoms with Crippen LogP contribution in [0.1, 0.15) is 0 Å². The van der Waals surface area contributed by atoms with Gasteiger partial charge >= 0.3 is 0 Å². The van der Waals surface area contributed by atoms with E-state index in [9.17, 15) is 4.79 Å². The molecule has 2 radical (unpaired) electrons. The maximum atomic E-state index is 12.5. The van der Waals surface area contributed by atoms with Gasteiger partial charge < -0.3 is 24.2 Å². The van der Waals surface area contributed by atoms with Crippen LogP contribution in [0.3, 0.4) is 0 Å². The Bertz CT molecular complexity index is 1230. The molecule has 29 heavy (non-hydrogen) atoms. The number of hydrogen-bond donors (Lipinski definition) is 2. The maximum Gasteiger partial charge on any atom is 0.294 e. The number of hydrogen-bond acceptors (Lipinski definition) is 6. The highest BCUT2D eigenvalue weighted by Gasteiger charge is 2.15. The van der Waals surface area contributed by atoms with Crippen molar-refractivity contribution in [2.24, 2.45) is 0 Å². The molecule has 0 spiro atoms. The van der Waals surface area contributed by atoms with Gasteiger partial charge in [-0.3, -0.25) is 4.79 Å². The molecule has 1 aliphatic rings. The topological polar surface area (TPSA) is 89.4 Å². The Labute approximate surface area is 167 Å². The largest absolute Gasteiger partial charge is 0.491 e. The molecule has 5 rings (SSSR count). The molecule has 7 nitrogen and oxygen atoms in total. The SMILES string of the molecule is [B]c1ccc2oc3c(=O)[nH]c(-c4ccc(OCC5CNCCO5)cc4)nc3c2c1. The lowest BCUT2D eigenvalue weighted by molar-refractivity contribution is 0.000198. The summed E-state index contributed by atoms with van der Waals surface area (Å²) < 4.78 is 17.1. The fourth-order valence-corrected chi connectivity index (χ4v) is 3.43. The summed E-state index contributed by atoms with van der Waals surface area (Å²) >= 11 is 0. The minimum atomic E-state index is -0.331. The predicted molar refractivity (Wildman–Crippen MR) is 111 cm³/mol. The third kappa shape index (κ3) is 3.52. The van der Waals surface area contributed by atoms with Crippen LogP contribution in [-0.4, -0.2) is 50.2 Å². The highest BCUT2D eigenvalue weighted by molar-refractivity contribution is 6.33. The third-order valence-electron chi connectivity index (χ3n) is 4.92. The van der Waals surface area contributed by atoms with Crippen molar-refractivity contribution in [3.8, 4) is 17.1 Å². The van der Waals surface area contributed by atoms with E-state index in [-0.39, 0.29) is 17.2 Å². The molecular formula is C21H18BN3O4. The van der Waals surface area contributed by atoms with E-state index >= 15 is 0 Å². The Morgan fingerprint density at radius 1 is 1.21 bits per heavy atom. The van der Waals surface area contributed by atoms with Crippen LogP contribution < -0.4 is 21.1 Å². The Morgan fingerprint density at radius 3 is 2.86 bits per heavy atom. The summed E-state index contributed by atoms with van der Waals surface area (Å²) in [6, 6.07) is 12.6. The van der Waals surface area contributed by atoms with Gasteiger partial charge in [-0.15, -0.1) is 0 Å². The molecule has 0 aliphatic carbocycles. The fourth-order valence-electron chi connectivity index (χ4n) is 3.43. The van der Waals surface area contributed by atoms with Crippen LogP contribution in [-0.2, 0) is 4.74 Å². The number of benzene rings is 2. The van der Waals surface area contributed by atoms with Crippen LogP contribution in [0.2, 0.25) is 0 Å². The zero-order valence-electron chi connectivity index (χ0n) is 15.6. The molecule has 1 fully saturated rings. The summed E-state index contributed by atoms with van der Waals surface area (Å²) in [6.45, 7) is 2.84. The molecule has 0 amide bonds. The van der Waals surface area contributed by atoms with Crippen LogP contribution >= 0.6 is 0 Å². The zero-order valence-corrected chi connectivity index (χ0v) is 15.6. The fraction of sp³-hybridized carbons (Fsp3) is 0.238. The quantitative estimate of drug-likeness (QED) is 0.516. The molecule has 8 heteroatoms. The van der Waals surface area contributed by atoms with Crippen molar-refractivity contribution in [3.05, 3.63) is 52.8 Å². The zero-order chi connectivity index (χ0) is 19.8. The molecule has 2 N–H and O–H groups in total. The number of fused-ring (bicyclic) bond motifs is 3. The molecule has 1 unspecified atom stereocenters. The lowest BCUT2D eigenvalue weighted by Gasteiger charge is -2.23. The first kappa shape index (κ1) is 18.0. The number of nitrogens with zero attached hydrogens (tertiary/aromatic N) is 1. The van der Waals surface area contributed by atoms with E-state index in [1.54, 1.807) is 18.2 Å². The van der Waals surface area contributed by atoms with Crippen molar-refractivity contribution < 1.29 is 13.9 Å². The van der Waals surface area contributed by atoms with Crippen LogP contribution in [0.15, 0.2) is 51.7 Å². The van der Waals surface area contributed by atoms with Crippen molar-refractivity contribution in [2.75, 3.05) is 26.3 Å². The van der Waals surface area contributed by atoms with E-state index in [1.165, 1.54) is 0 Å².